The maximum Gasteiger partial charge on any atom is 0.423 e. The van der Waals surface area contributed by atoms with E-state index in [2.05, 4.69) is 0 Å². The minimum absolute atomic E-state index is 0.459. The van der Waals surface area contributed by atoms with E-state index in [1.54, 1.807) is 0 Å². The van der Waals surface area contributed by atoms with Gasteiger partial charge in [0.25, 0.3) is 9.05 Å². The summed E-state index contributed by atoms with van der Waals surface area (Å²) in [5.41, 5.74) is -4.30. The van der Waals surface area contributed by atoms with Crippen molar-refractivity contribution in [1.82, 2.24) is 0 Å². The second kappa shape index (κ2) is 4.74. The predicted molar refractivity (Wildman–Crippen MR) is 59.4 cm³/mol. The summed E-state index contributed by atoms with van der Waals surface area (Å²) in [7, 11) is 0.218. The summed E-state index contributed by atoms with van der Waals surface area (Å²) in [6.07, 6.45) is 0. The number of hydrogen-bond acceptors (Lipinski definition) is 8. The summed E-state index contributed by atoms with van der Waals surface area (Å²) < 4.78 is 22.2. The number of rotatable bonds is 4. The second-order valence-corrected chi connectivity index (χ2v) is 5.52. The highest BCUT2D eigenvalue weighted by Crippen LogP contribution is 2.41. The Kier molecular flexibility index (Phi) is 3.67. The summed E-state index contributed by atoms with van der Waals surface area (Å²) in [5, 5.41) is 32.0. The molecule has 0 radical (unpaired) electrons. The molecule has 13 heteroatoms. The van der Waals surface area contributed by atoms with Crippen molar-refractivity contribution in [2.75, 3.05) is 0 Å². The predicted octanol–water partition coefficient (Wildman–Crippen LogP) is 1.34. The minimum Gasteiger partial charge on any atom is -0.258 e. The summed E-state index contributed by atoms with van der Waals surface area (Å²) in [5.74, 6) is 0. The number of halogens is 1. The van der Waals surface area contributed by atoms with E-state index in [-0.39, 0.29) is 0 Å². The Morgan fingerprint density at radius 1 is 0.895 bits per heavy atom. The van der Waals surface area contributed by atoms with Crippen LogP contribution in [0.2, 0.25) is 0 Å². The Balaban J connectivity index is 3.96. The average molecular weight is 312 g/mol. The molecule has 0 amide bonds. The van der Waals surface area contributed by atoms with Crippen LogP contribution in [0.3, 0.4) is 0 Å². The molecule has 0 spiro atoms. The molecule has 0 bridgehead atoms. The van der Waals surface area contributed by atoms with Crippen molar-refractivity contribution < 1.29 is 23.2 Å². The highest BCUT2D eigenvalue weighted by molar-refractivity contribution is 8.13. The van der Waals surface area contributed by atoms with E-state index in [9.17, 15) is 38.8 Å². The van der Waals surface area contributed by atoms with Crippen LogP contribution in [0.4, 0.5) is 17.1 Å². The first-order chi connectivity index (χ1) is 8.57. The molecule has 1 aromatic carbocycles. The number of hydrogen-bond donors (Lipinski definition) is 0. The van der Waals surface area contributed by atoms with Crippen molar-refractivity contribution in [3.8, 4) is 0 Å². The smallest absolute Gasteiger partial charge is 0.258 e. The van der Waals surface area contributed by atoms with Crippen molar-refractivity contribution in [2.24, 2.45) is 0 Å². The molecule has 0 aromatic heterocycles. The van der Waals surface area contributed by atoms with Gasteiger partial charge in [0.05, 0.1) is 14.8 Å². The molecular formula is C6H2ClN3O8S. The van der Waals surface area contributed by atoms with E-state index >= 15 is 0 Å². The molecule has 0 unspecified atom stereocenters. The zero-order valence-electron chi connectivity index (χ0n) is 8.55. The molecule has 0 saturated carbocycles. The third-order valence-electron chi connectivity index (χ3n) is 1.92. The molecule has 0 atom stereocenters. The van der Waals surface area contributed by atoms with Crippen molar-refractivity contribution in [2.45, 2.75) is 4.90 Å². The molecular weight excluding hydrogens is 310 g/mol. The fourth-order valence-corrected chi connectivity index (χ4v) is 2.26. The zero-order valence-corrected chi connectivity index (χ0v) is 10.1. The number of nitro groups is 3. The van der Waals surface area contributed by atoms with Gasteiger partial charge < -0.3 is 0 Å². The molecule has 1 aromatic rings. The van der Waals surface area contributed by atoms with Gasteiger partial charge in [-0.25, -0.2) is 8.42 Å². The van der Waals surface area contributed by atoms with Gasteiger partial charge in [0, 0.05) is 16.7 Å². The first-order valence-electron chi connectivity index (χ1n) is 4.12. The van der Waals surface area contributed by atoms with Crippen LogP contribution in [0, 0.1) is 30.3 Å². The topological polar surface area (TPSA) is 164 Å². The molecule has 11 nitrogen and oxygen atoms in total. The van der Waals surface area contributed by atoms with Crippen molar-refractivity contribution >= 4 is 36.8 Å². The standard InChI is InChI=1S/C6H2ClN3O8S/c7-19(17,18)4-2-1-3(8(11)12)5(9(13)14)6(4)10(15)16/h1-2H. The van der Waals surface area contributed by atoms with Crippen LogP contribution < -0.4 is 0 Å². The normalized spacial score (nSPS) is 11.0. The van der Waals surface area contributed by atoms with Crippen molar-refractivity contribution in [3.63, 3.8) is 0 Å². The van der Waals surface area contributed by atoms with Gasteiger partial charge in [0.2, 0.25) is 0 Å². The highest BCUT2D eigenvalue weighted by Gasteiger charge is 2.41. The summed E-state index contributed by atoms with van der Waals surface area (Å²) in [6, 6.07) is 0.923. The number of nitrogens with zero attached hydrogens (tertiary/aromatic N) is 3. The molecule has 0 N–H and O–H groups in total. The van der Waals surface area contributed by atoms with Gasteiger partial charge in [-0.1, -0.05) is 0 Å². The van der Waals surface area contributed by atoms with Crippen LogP contribution in [0.5, 0.6) is 0 Å². The molecule has 0 saturated heterocycles. The molecule has 102 valence electrons. The van der Waals surface area contributed by atoms with Crippen molar-refractivity contribution in [1.29, 1.82) is 0 Å². The monoisotopic (exact) mass is 311 g/mol. The van der Waals surface area contributed by atoms with Gasteiger partial charge in [-0.2, -0.15) is 0 Å². The highest BCUT2D eigenvalue weighted by atomic mass is 35.7. The molecule has 0 fully saturated rings. The summed E-state index contributed by atoms with van der Waals surface area (Å²) in [6.45, 7) is 0. The Morgan fingerprint density at radius 3 is 1.68 bits per heavy atom. The first kappa shape index (κ1) is 14.7. The molecule has 0 aliphatic rings. The Morgan fingerprint density at radius 2 is 1.37 bits per heavy atom. The van der Waals surface area contributed by atoms with Gasteiger partial charge >= 0.3 is 17.1 Å². The van der Waals surface area contributed by atoms with Gasteiger partial charge in [-0.3, -0.25) is 30.3 Å². The maximum atomic E-state index is 11.1. The number of nitro benzene ring substituents is 3. The molecule has 19 heavy (non-hydrogen) atoms. The summed E-state index contributed by atoms with van der Waals surface area (Å²) in [4.78, 5) is 26.7. The van der Waals surface area contributed by atoms with Crippen LogP contribution in [0.1, 0.15) is 0 Å². The van der Waals surface area contributed by atoms with Crippen LogP contribution in [0.15, 0.2) is 17.0 Å². The van der Waals surface area contributed by atoms with Crippen LogP contribution in [0.25, 0.3) is 0 Å². The lowest BCUT2D eigenvalue weighted by molar-refractivity contribution is -0.442. The van der Waals surface area contributed by atoms with E-state index in [4.69, 9.17) is 10.7 Å². The van der Waals surface area contributed by atoms with E-state index in [0.29, 0.717) is 12.1 Å². The largest absolute Gasteiger partial charge is 0.423 e. The van der Waals surface area contributed by atoms with Crippen molar-refractivity contribution in [3.05, 3.63) is 42.5 Å². The summed E-state index contributed by atoms with van der Waals surface area (Å²) >= 11 is 0. The lowest BCUT2D eigenvalue weighted by atomic mass is 10.2. The number of benzene rings is 1. The van der Waals surface area contributed by atoms with E-state index in [1.807, 2.05) is 0 Å². The lowest BCUT2D eigenvalue weighted by Crippen LogP contribution is -2.06. The van der Waals surface area contributed by atoms with Gasteiger partial charge in [-0.05, 0) is 6.07 Å². The zero-order chi connectivity index (χ0) is 15.0. The SMILES string of the molecule is O=[N+]([O-])c1ccc(S(=O)(=O)Cl)c([N+](=O)[O-])c1[N+](=O)[O-]. The van der Waals surface area contributed by atoms with Gasteiger partial charge in [0.15, 0.2) is 4.90 Å². The van der Waals surface area contributed by atoms with E-state index < -0.39 is 45.8 Å². The molecule has 0 aliphatic heterocycles. The van der Waals surface area contributed by atoms with E-state index in [0.717, 1.165) is 0 Å². The third-order valence-corrected chi connectivity index (χ3v) is 3.27. The van der Waals surface area contributed by atoms with Crippen LogP contribution in [-0.4, -0.2) is 23.2 Å². The second-order valence-electron chi connectivity index (χ2n) is 2.99. The minimum atomic E-state index is -4.67. The average Bonchev–Trinajstić information content (AvgIpc) is 2.25. The van der Waals surface area contributed by atoms with Crippen LogP contribution >= 0.6 is 10.7 Å². The Hall–Kier alpha value is -2.34. The van der Waals surface area contributed by atoms with Gasteiger partial charge in [-0.15, -0.1) is 0 Å². The Labute approximate surface area is 108 Å². The first-order valence-corrected chi connectivity index (χ1v) is 6.43. The van der Waals surface area contributed by atoms with Gasteiger partial charge in [0.1, 0.15) is 0 Å². The van der Waals surface area contributed by atoms with Crippen LogP contribution in [-0.2, 0) is 9.05 Å². The molecule has 0 heterocycles. The Bertz CT molecular complexity index is 699. The molecule has 0 aliphatic carbocycles. The molecule has 1 rings (SSSR count). The quantitative estimate of drug-likeness (QED) is 0.456. The van der Waals surface area contributed by atoms with E-state index in [1.165, 1.54) is 0 Å². The third kappa shape index (κ3) is 2.74. The maximum absolute atomic E-state index is 11.1. The fourth-order valence-electron chi connectivity index (χ4n) is 1.25. The lowest BCUT2D eigenvalue weighted by Gasteiger charge is -2.00. The fraction of sp³-hybridized carbons (Fsp3) is 0.